The van der Waals surface area contributed by atoms with Crippen molar-refractivity contribution in [1.82, 2.24) is 30.2 Å². The summed E-state index contributed by atoms with van der Waals surface area (Å²) in [6.45, 7) is -0.303. The van der Waals surface area contributed by atoms with Crippen LogP contribution >= 0.6 is 0 Å². The van der Waals surface area contributed by atoms with Crippen LogP contribution in [0.4, 0.5) is 26.3 Å². The number of pyridine rings is 1. The second-order valence-electron chi connectivity index (χ2n) is 10.1. The molecule has 206 valence electrons. The Morgan fingerprint density at radius 2 is 1.41 bits per heavy atom. The third-order valence-electron chi connectivity index (χ3n) is 7.84. The number of nitrogens with one attached hydrogen (secondary N) is 1. The number of H-pyrrole nitrogens is 1. The van der Waals surface area contributed by atoms with E-state index >= 15 is 0 Å². The molecule has 0 spiro atoms. The maximum absolute atomic E-state index is 13.5. The highest BCUT2D eigenvalue weighted by atomic mass is 19.4. The van der Waals surface area contributed by atoms with E-state index in [1.54, 1.807) is 23.1 Å². The number of alkyl halides is 6. The van der Waals surface area contributed by atoms with Crippen molar-refractivity contribution < 1.29 is 40.7 Å². The maximum Gasteiger partial charge on any atom is 0.422 e. The van der Waals surface area contributed by atoms with Crippen LogP contribution in [0.15, 0.2) is 30.5 Å². The number of nitrogens with zero attached hydrogens (tertiary/aromatic N) is 5. The molecule has 3 aliphatic rings. The monoisotopic (exact) mass is 554 g/mol. The van der Waals surface area contributed by atoms with Crippen LogP contribution in [-0.2, 0) is 6.18 Å². The number of fused-ring (bicyclic) bond motifs is 5. The minimum absolute atomic E-state index is 0.0965. The van der Waals surface area contributed by atoms with Gasteiger partial charge in [-0.05, 0) is 47.9 Å². The third kappa shape index (κ3) is 4.52. The highest BCUT2D eigenvalue weighted by molar-refractivity contribution is 5.97. The molecule has 3 aromatic rings. The molecular weight excluding hydrogens is 534 g/mol. The number of amides is 2. The number of aromatic amines is 1. The fraction of sp³-hybridized carbons (Fsp3) is 0.458. The largest absolute Gasteiger partial charge is 0.468 e. The summed E-state index contributed by atoms with van der Waals surface area (Å²) in [5, 5.41) is 10.5. The molecule has 2 aromatic heterocycles. The van der Waals surface area contributed by atoms with E-state index in [4.69, 9.17) is 0 Å². The Hall–Kier alpha value is -3.91. The normalized spacial score (nSPS) is 24.5. The Bertz CT molecular complexity index is 1440. The predicted octanol–water partition coefficient (Wildman–Crippen LogP) is 3.40. The minimum Gasteiger partial charge on any atom is -0.468 e. The number of hydrogen-bond acceptors (Lipinski definition) is 6. The van der Waals surface area contributed by atoms with Gasteiger partial charge in [0.1, 0.15) is 16.6 Å². The first-order chi connectivity index (χ1) is 18.4. The van der Waals surface area contributed by atoms with E-state index in [-0.39, 0.29) is 35.1 Å². The fourth-order valence-corrected chi connectivity index (χ4v) is 6.08. The van der Waals surface area contributed by atoms with Gasteiger partial charge in [-0.15, -0.1) is 0 Å². The highest BCUT2D eigenvalue weighted by Gasteiger charge is 2.59. The molecule has 0 unspecified atom stereocenters. The van der Waals surface area contributed by atoms with Crippen molar-refractivity contribution in [2.45, 2.75) is 12.4 Å². The van der Waals surface area contributed by atoms with Gasteiger partial charge in [0, 0.05) is 37.9 Å². The van der Waals surface area contributed by atoms with Crippen LogP contribution in [0.5, 0.6) is 5.88 Å². The molecule has 6 rings (SSSR count). The average molecular weight is 554 g/mol. The molecule has 1 aliphatic carbocycles. The van der Waals surface area contributed by atoms with Gasteiger partial charge in [-0.2, -0.15) is 41.8 Å². The lowest BCUT2D eigenvalue weighted by Gasteiger charge is -2.42. The van der Waals surface area contributed by atoms with E-state index in [2.05, 4.69) is 25.1 Å². The molecule has 2 amide bonds. The number of hydrogen-bond donors (Lipinski definition) is 1. The number of carbonyl (C=O) groups is 2. The number of ether oxygens (including phenoxy) is 1. The summed E-state index contributed by atoms with van der Waals surface area (Å²) in [7, 11) is 0. The molecule has 0 radical (unpaired) electrons. The second-order valence-corrected chi connectivity index (χ2v) is 10.1. The van der Waals surface area contributed by atoms with Gasteiger partial charge in [0.25, 0.3) is 11.8 Å². The molecule has 2 aliphatic heterocycles. The van der Waals surface area contributed by atoms with Gasteiger partial charge in [0.05, 0.1) is 5.56 Å². The van der Waals surface area contributed by atoms with Crippen molar-refractivity contribution in [1.29, 1.82) is 0 Å². The van der Waals surface area contributed by atoms with E-state index in [0.29, 0.717) is 48.8 Å². The van der Waals surface area contributed by atoms with Gasteiger partial charge in [0.2, 0.25) is 5.88 Å². The van der Waals surface area contributed by atoms with E-state index in [0.717, 1.165) is 6.20 Å². The van der Waals surface area contributed by atoms with E-state index in [1.807, 2.05) is 0 Å². The number of rotatable bonds is 4. The molecule has 4 heterocycles. The molecule has 4 atom stereocenters. The molecular formula is C24H20F6N6O3. The van der Waals surface area contributed by atoms with Crippen molar-refractivity contribution in [2.75, 3.05) is 32.8 Å². The number of carbonyl (C=O) groups excluding carboxylic acids is 2. The van der Waals surface area contributed by atoms with Gasteiger partial charge in [-0.1, -0.05) is 0 Å². The molecule has 1 saturated carbocycles. The number of likely N-dealkylation sites (tertiary alicyclic amines) is 2. The van der Waals surface area contributed by atoms with Crippen LogP contribution < -0.4 is 4.74 Å². The molecule has 39 heavy (non-hydrogen) atoms. The summed E-state index contributed by atoms with van der Waals surface area (Å²) in [5.41, 5.74) is -0.205. The number of halogens is 6. The Morgan fingerprint density at radius 3 is 1.97 bits per heavy atom. The molecule has 1 aromatic carbocycles. The number of aromatic nitrogens is 4. The van der Waals surface area contributed by atoms with Gasteiger partial charge in [-0.3, -0.25) is 9.59 Å². The lowest BCUT2D eigenvalue weighted by Crippen LogP contribution is -2.44. The van der Waals surface area contributed by atoms with Crippen LogP contribution in [0.2, 0.25) is 0 Å². The molecule has 15 heteroatoms. The third-order valence-corrected chi connectivity index (χ3v) is 7.84. The van der Waals surface area contributed by atoms with Gasteiger partial charge in [-0.25, -0.2) is 4.98 Å². The zero-order chi connectivity index (χ0) is 27.7. The Balaban J connectivity index is 1.12. The summed E-state index contributed by atoms with van der Waals surface area (Å²) in [6.07, 6.45) is -9.12. The Morgan fingerprint density at radius 1 is 0.846 bits per heavy atom. The van der Waals surface area contributed by atoms with Crippen molar-refractivity contribution in [3.05, 3.63) is 47.2 Å². The lowest BCUT2D eigenvalue weighted by atomic mass is 9.60. The smallest absolute Gasteiger partial charge is 0.422 e. The van der Waals surface area contributed by atoms with Crippen molar-refractivity contribution in [2.24, 2.45) is 23.7 Å². The Kier molecular flexibility index (Phi) is 5.73. The van der Waals surface area contributed by atoms with Crippen molar-refractivity contribution in [3.8, 4) is 5.88 Å². The van der Waals surface area contributed by atoms with E-state index in [1.165, 1.54) is 4.90 Å². The first-order valence-electron chi connectivity index (χ1n) is 12.0. The minimum atomic E-state index is -5.07. The van der Waals surface area contributed by atoms with Gasteiger partial charge >= 0.3 is 12.4 Å². The maximum atomic E-state index is 13.5. The highest BCUT2D eigenvalue weighted by Crippen LogP contribution is 2.54. The van der Waals surface area contributed by atoms with Crippen LogP contribution in [0.3, 0.4) is 0 Å². The topological polar surface area (TPSA) is 104 Å². The lowest BCUT2D eigenvalue weighted by molar-refractivity contribution is -0.159. The zero-order valence-corrected chi connectivity index (χ0v) is 20.0. The number of benzene rings is 1. The summed E-state index contributed by atoms with van der Waals surface area (Å²) < 4.78 is 82.0. The molecule has 0 bridgehead atoms. The first kappa shape index (κ1) is 25.4. The van der Waals surface area contributed by atoms with Crippen LogP contribution in [0.1, 0.15) is 26.3 Å². The van der Waals surface area contributed by atoms with Crippen LogP contribution in [-0.4, -0.2) is 81.0 Å². The molecule has 3 fully saturated rings. The summed E-state index contributed by atoms with van der Waals surface area (Å²) in [6, 6.07) is 5.56. The average Bonchev–Trinajstić information content (AvgIpc) is 3.59. The van der Waals surface area contributed by atoms with Gasteiger partial charge < -0.3 is 14.5 Å². The Labute approximate surface area is 216 Å². The van der Waals surface area contributed by atoms with Crippen LogP contribution in [0.25, 0.3) is 11.0 Å². The quantitative estimate of drug-likeness (QED) is 0.496. The predicted molar refractivity (Wildman–Crippen MR) is 120 cm³/mol. The zero-order valence-electron chi connectivity index (χ0n) is 20.0. The SMILES string of the molecule is O=C(c1cnc(OCC(F)(F)F)c(C(F)(F)F)c1)N1C[C@@H]2[C@H](C1)[C@H]1CN(C(=O)c3ccc4n[nH]nc4c3)C[C@@H]21. The fourth-order valence-electron chi connectivity index (χ4n) is 6.08. The molecule has 9 nitrogen and oxygen atoms in total. The molecule has 2 saturated heterocycles. The van der Waals surface area contributed by atoms with Gasteiger partial charge in [0.15, 0.2) is 6.61 Å². The standard InChI is InChI=1S/C24H20F6N6O3/c25-23(26,27)10-39-20-17(24(28,29)30)3-12(5-31-20)22(38)36-8-15-13-6-35(7-14(13)16(15)9-36)21(37)11-1-2-18-19(4-11)33-34-32-18/h1-5,13-16H,6-10H2,(H,32,33,34)/t13-,14+,15+,16-. The van der Waals surface area contributed by atoms with E-state index in [9.17, 15) is 35.9 Å². The van der Waals surface area contributed by atoms with Crippen molar-refractivity contribution >= 4 is 22.8 Å². The summed E-state index contributed by atoms with van der Waals surface area (Å²) >= 11 is 0. The summed E-state index contributed by atoms with van der Waals surface area (Å²) in [5.74, 6) is -1.53. The molecule has 1 N–H and O–H groups in total. The summed E-state index contributed by atoms with van der Waals surface area (Å²) in [4.78, 5) is 32.7. The van der Waals surface area contributed by atoms with E-state index < -0.39 is 36.3 Å². The first-order valence-corrected chi connectivity index (χ1v) is 12.0. The second kappa shape index (κ2) is 8.81. The van der Waals surface area contributed by atoms with Crippen LogP contribution in [0, 0.1) is 23.7 Å². The van der Waals surface area contributed by atoms with Crippen molar-refractivity contribution in [3.63, 3.8) is 0 Å².